The fourth-order valence-electron chi connectivity index (χ4n) is 1.77. The average Bonchev–Trinajstić information content (AvgIpc) is 2.34. The third kappa shape index (κ3) is 12.1. The molecule has 4 N–H and O–H groups in total. The van der Waals surface area contributed by atoms with E-state index in [1.165, 1.54) is 25.9 Å². The van der Waals surface area contributed by atoms with Crippen LogP contribution in [-0.4, -0.2) is 57.8 Å². The van der Waals surface area contributed by atoms with E-state index in [0.717, 1.165) is 32.6 Å². The normalized spacial score (nSPS) is 11.3. The highest BCUT2D eigenvalue weighted by Gasteiger charge is 2.02. The van der Waals surface area contributed by atoms with Crippen molar-refractivity contribution in [2.24, 2.45) is 5.90 Å². The van der Waals surface area contributed by atoms with Crippen molar-refractivity contribution in [2.75, 3.05) is 52.9 Å². The maximum absolute atomic E-state index is 4.96. The summed E-state index contributed by atoms with van der Waals surface area (Å²) in [6.07, 6.45) is 3.42. The van der Waals surface area contributed by atoms with E-state index in [2.05, 4.69) is 27.3 Å². The molecule has 0 aliphatic rings. The van der Waals surface area contributed by atoms with Gasteiger partial charge in [0, 0.05) is 13.1 Å². The maximum Gasteiger partial charge on any atom is 0.0691 e. The predicted molar refractivity (Wildman–Crippen MR) is 72.9 cm³/mol. The second-order valence-electron chi connectivity index (χ2n) is 4.27. The molecule has 17 heavy (non-hydrogen) atoms. The van der Waals surface area contributed by atoms with Gasteiger partial charge in [-0.25, -0.2) is 5.90 Å². The van der Waals surface area contributed by atoms with Crippen LogP contribution < -0.4 is 16.5 Å². The van der Waals surface area contributed by atoms with Crippen LogP contribution in [0.1, 0.15) is 26.2 Å². The van der Waals surface area contributed by atoms with Gasteiger partial charge in [0.05, 0.1) is 6.61 Å². The summed E-state index contributed by atoms with van der Waals surface area (Å²) in [6, 6.07) is 0. The highest BCUT2D eigenvalue weighted by atomic mass is 16.6. The summed E-state index contributed by atoms with van der Waals surface area (Å²) in [5.74, 6) is 4.96. The van der Waals surface area contributed by atoms with Crippen LogP contribution in [0.2, 0.25) is 0 Å². The van der Waals surface area contributed by atoms with E-state index in [9.17, 15) is 0 Å². The minimum absolute atomic E-state index is 0.633. The molecule has 0 aliphatic heterocycles. The van der Waals surface area contributed by atoms with Crippen LogP contribution in [0.15, 0.2) is 0 Å². The molecule has 0 aromatic heterocycles. The van der Waals surface area contributed by atoms with Gasteiger partial charge in [0.25, 0.3) is 0 Å². The Morgan fingerprint density at radius 2 is 1.88 bits per heavy atom. The van der Waals surface area contributed by atoms with Crippen LogP contribution in [0, 0.1) is 0 Å². The molecule has 0 amide bonds. The average molecular weight is 246 g/mol. The Bertz CT molecular complexity index is 146. The standard InChI is InChI=1S/C12H30N4O/c1-3-9-16(10-4-6-14-2)11-8-15-7-5-12-17-13/h14-15H,3-13H2,1-2H3. The number of hydrogen-bond donors (Lipinski definition) is 3. The Morgan fingerprint density at radius 3 is 2.53 bits per heavy atom. The maximum atomic E-state index is 4.96. The second kappa shape index (κ2) is 13.9. The van der Waals surface area contributed by atoms with Crippen LogP contribution >= 0.6 is 0 Å². The number of rotatable bonds is 13. The molecule has 0 heterocycles. The van der Waals surface area contributed by atoms with E-state index in [-0.39, 0.29) is 0 Å². The van der Waals surface area contributed by atoms with E-state index < -0.39 is 0 Å². The first-order chi connectivity index (χ1) is 8.35. The van der Waals surface area contributed by atoms with Gasteiger partial charge in [-0.2, -0.15) is 0 Å². The zero-order chi connectivity index (χ0) is 12.8. The van der Waals surface area contributed by atoms with Crippen LogP contribution in [0.25, 0.3) is 0 Å². The summed E-state index contributed by atoms with van der Waals surface area (Å²) < 4.78 is 0. The first kappa shape index (κ1) is 16.8. The topological polar surface area (TPSA) is 62.5 Å². The molecule has 0 bridgehead atoms. The minimum atomic E-state index is 0.633. The monoisotopic (exact) mass is 246 g/mol. The highest BCUT2D eigenvalue weighted by Crippen LogP contribution is 1.93. The zero-order valence-electron chi connectivity index (χ0n) is 11.5. The van der Waals surface area contributed by atoms with Gasteiger partial charge in [0.1, 0.15) is 0 Å². The van der Waals surface area contributed by atoms with Gasteiger partial charge in [-0.1, -0.05) is 6.92 Å². The Kier molecular flexibility index (Phi) is 13.7. The molecule has 0 unspecified atom stereocenters. The lowest BCUT2D eigenvalue weighted by molar-refractivity contribution is 0.135. The molecule has 0 spiro atoms. The summed E-state index contributed by atoms with van der Waals surface area (Å²) >= 11 is 0. The Morgan fingerprint density at radius 1 is 1.06 bits per heavy atom. The number of hydrogen-bond acceptors (Lipinski definition) is 5. The van der Waals surface area contributed by atoms with E-state index in [1.54, 1.807) is 0 Å². The van der Waals surface area contributed by atoms with Crippen LogP contribution in [0.3, 0.4) is 0 Å². The molecule has 0 aromatic rings. The lowest BCUT2D eigenvalue weighted by Gasteiger charge is -2.21. The van der Waals surface area contributed by atoms with Crippen molar-refractivity contribution in [2.45, 2.75) is 26.2 Å². The summed E-state index contributed by atoms with van der Waals surface area (Å²) in [6.45, 7) is 9.49. The SMILES string of the molecule is CCCN(CCCNC)CCNCCCON. The van der Waals surface area contributed by atoms with Gasteiger partial charge in [-0.3, -0.25) is 0 Å². The first-order valence-electron chi connectivity index (χ1n) is 6.74. The molecular weight excluding hydrogens is 216 g/mol. The minimum Gasteiger partial charge on any atom is -0.320 e. The van der Waals surface area contributed by atoms with Gasteiger partial charge in [-0.05, 0) is 52.5 Å². The fourth-order valence-corrected chi connectivity index (χ4v) is 1.77. The van der Waals surface area contributed by atoms with Crippen molar-refractivity contribution < 1.29 is 4.84 Å². The molecule has 0 saturated carbocycles. The molecule has 0 aromatic carbocycles. The Balaban J connectivity index is 3.41. The van der Waals surface area contributed by atoms with Gasteiger partial charge >= 0.3 is 0 Å². The summed E-state index contributed by atoms with van der Waals surface area (Å²) in [5.41, 5.74) is 0. The fraction of sp³-hybridized carbons (Fsp3) is 1.00. The van der Waals surface area contributed by atoms with E-state index in [1.807, 2.05) is 7.05 Å². The second-order valence-corrected chi connectivity index (χ2v) is 4.27. The van der Waals surface area contributed by atoms with Gasteiger partial charge in [-0.15, -0.1) is 0 Å². The number of nitrogens with two attached hydrogens (primary N) is 1. The van der Waals surface area contributed by atoms with E-state index in [4.69, 9.17) is 5.90 Å². The zero-order valence-corrected chi connectivity index (χ0v) is 11.5. The first-order valence-corrected chi connectivity index (χ1v) is 6.74. The Hall–Kier alpha value is -0.200. The van der Waals surface area contributed by atoms with E-state index in [0.29, 0.717) is 6.61 Å². The third-order valence-corrected chi connectivity index (χ3v) is 2.66. The molecule has 0 fully saturated rings. The third-order valence-electron chi connectivity index (χ3n) is 2.66. The van der Waals surface area contributed by atoms with Crippen molar-refractivity contribution in [1.82, 2.24) is 15.5 Å². The highest BCUT2D eigenvalue weighted by molar-refractivity contribution is 4.60. The quantitative estimate of drug-likeness (QED) is 0.320. The van der Waals surface area contributed by atoms with Crippen molar-refractivity contribution in [3.8, 4) is 0 Å². The molecular formula is C12H30N4O. The number of nitrogens with one attached hydrogen (secondary N) is 2. The van der Waals surface area contributed by atoms with Crippen molar-refractivity contribution in [3.63, 3.8) is 0 Å². The van der Waals surface area contributed by atoms with Crippen molar-refractivity contribution in [3.05, 3.63) is 0 Å². The van der Waals surface area contributed by atoms with Crippen LogP contribution in [0.4, 0.5) is 0 Å². The summed E-state index contributed by atoms with van der Waals surface area (Å²) in [5, 5.41) is 6.59. The van der Waals surface area contributed by atoms with Crippen LogP contribution in [-0.2, 0) is 4.84 Å². The van der Waals surface area contributed by atoms with Crippen LogP contribution in [0.5, 0.6) is 0 Å². The smallest absolute Gasteiger partial charge is 0.0691 e. The van der Waals surface area contributed by atoms with E-state index >= 15 is 0 Å². The van der Waals surface area contributed by atoms with Gasteiger partial charge in [0.2, 0.25) is 0 Å². The molecule has 0 saturated heterocycles. The molecule has 0 aliphatic carbocycles. The molecule has 104 valence electrons. The number of nitrogens with zero attached hydrogens (tertiary/aromatic N) is 1. The molecule has 5 nitrogen and oxygen atoms in total. The van der Waals surface area contributed by atoms with Gasteiger partial charge < -0.3 is 20.4 Å². The van der Waals surface area contributed by atoms with Crippen molar-refractivity contribution >= 4 is 0 Å². The predicted octanol–water partition coefficient (Wildman–Crippen LogP) is 0.178. The molecule has 0 radical (unpaired) electrons. The Labute approximate surface area is 106 Å². The molecule has 5 heteroatoms. The van der Waals surface area contributed by atoms with Gasteiger partial charge in [0.15, 0.2) is 0 Å². The summed E-state index contributed by atoms with van der Waals surface area (Å²) in [7, 11) is 2.01. The molecule has 0 rings (SSSR count). The lowest BCUT2D eigenvalue weighted by Crippen LogP contribution is -2.35. The lowest BCUT2D eigenvalue weighted by atomic mass is 10.3. The van der Waals surface area contributed by atoms with Crippen molar-refractivity contribution in [1.29, 1.82) is 0 Å². The largest absolute Gasteiger partial charge is 0.320 e. The summed E-state index contributed by atoms with van der Waals surface area (Å²) in [4.78, 5) is 7.03. The molecule has 0 atom stereocenters.